The lowest BCUT2D eigenvalue weighted by molar-refractivity contribution is -0.140. The van der Waals surface area contributed by atoms with Crippen molar-refractivity contribution in [2.45, 2.75) is 13.8 Å². The second-order valence-corrected chi connectivity index (χ2v) is 8.22. The van der Waals surface area contributed by atoms with E-state index in [9.17, 15) is 14.4 Å². The van der Waals surface area contributed by atoms with Gasteiger partial charge in [0.15, 0.2) is 0 Å². The van der Waals surface area contributed by atoms with Gasteiger partial charge in [0.25, 0.3) is 11.5 Å². The molecule has 0 unspecified atom stereocenters. The van der Waals surface area contributed by atoms with Gasteiger partial charge in [-0.2, -0.15) is 0 Å². The molecule has 2 aromatic rings. The van der Waals surface area contributed by atoms with Crippen molar-refractivity contribution in [1.82, 2.24) is 14.3 Å². The molecule has 0 aromatic carbocycles. The van der Waals surface area contributed by atoms with E-state index >= 15 is 0 Å². The normalized spacial score (nSPS) is 15.8. The highest BCUT2D eigenvalue weighted by Gasteiger charge is 2.34. The van der Waals surface area contributed by atoms with E-state index in [0.717, 1.165) is 16.7 Å². The molecule has 28 heavy (non-hydrogen) atoms. The first-order valence-electron chi connectivity index (χ1n) is 8.50. The summed E-state index contributed by atoms with van der Waals surface area (Å²) in [5.74, 6) is -1.01. The average Bonchev–Trinajstić information content (AvgIpc) is 2.89. The van der Waals surface area contributed by atoms with Crippen LogP contribution in [-0.2, 0) is 9.59 Å². The molecule has 8 nitrogen and oxygen atoms in total. The summed E-state index contributed by atoms with van der Waals surface area (Å²) in [6.07, 6.45) is 3.03. The molecule has 10 heteroatoms. The van der Waals surface area contributed by atoms with Crippen LogP contribution in [-0.4, -0.2) is 48.7 Å². The first kappa shape index (κ1) is 20.0. The van der Waals surface area contributed by atoms with E-state index in [1.54, 1.807) is 24.4 Å². The minimum absolute atomic E-state index is 0.143. The number of nitrogens with zero attached hydrogens (tertiary/aromatic N) is 3. The number of anilines is 1. The molecular formula is C18H18N4O4S2. The Kier molecular flexibility index (Phi) is 5.80. The monoisotopic (exact) mass is 418 g/mol. The van der Waals surface area contributed by atoms with Crippen LogP contribution < -0.4 is 10.9 Å². The Balaban J connectivity index is 2.09. The van der Waals surface area contributed by atoms with Crippen LogP contribution in [0.5, 0.6) is 0 Å². The molecule has 3 rings (SSSR count). The molecular weight excluding hydrogens is 400 g/mol. The summed E-state index contributed by atoms with van der Waals surface area (Å²) in [4.78, 5) is 42.2. The first-order chi connectivity index (χ1) is 13.3. The number of hydrogen-bond donors (Lipinski definition) is 2. The van der Waals surface area contributed by atoms with Crippen LogP contribution in [0.1, 0.15) is 19.4 Å². The number of pyridine rings is 1. The van der Waals surface area contributed by atoms with E-state index in [1.807, 2.05) is 13.8 Å². The van der Waals surface area contributed by atoms with E-state index < -0.39 is 18.4 Å². The largest absolute Gasteiger partial charge is 0.480 e. The van der Waals surface area contributed by atoms with Crippen molar-refractivity contribution in [3.05, 3.63) is 45.2 Å². The van der Waals surface area contributed by atoms with Gasteiger partial charge in [0.1, 0.15) is 22.3 Å². The molecule has 0 spiro atoms. The highest BCUT2D eigenvalue weighted by Crippen LogP contribution is 2.32. The third-order valence-corrected chi connectivity index (χ3v) is 5.27. The summed E-state index contributed by atoms with van der Waals surface area (Å²) >= 11 is 6.07. The minimum Gasteiger partial charge on any atom is -0.480 e. The maximum atomic E-state index is 13.0. The lowest BCUT2D eigenvalue weighted by Gasteiger charge is -2.12. The van der Waals surface area contributed by atoms with Crippen LogP contribution in [0.25, 0.3) is 11.7 Å². The van der Waals surface area contributed by atoms with Gasteiger partial charge in [-0.05, 0) is 24.1 Å². The topological polar surface area (TPSA) is 104 Å². The van der Waals surface area contributed by atoms with Gasteiger partial charge in [-0.3, -0.25) is 23.7 Å². The Morgan fingerprint density at radius 2 is 2.14 bits per heavy atom. The summed E-state index contributed by atoms with van der Waals surface area (Å²) in [5.41, 5.74) is 0.370. The summed E-state index contributed by atoms with van der Waals surface area (Å²) < 4.78 is 1.54. The third-order valence-electron chi connectivity index (χ3n) is 3.89. The smallest absolute Gasteiger partial charge is 0.323 e. The number of hydrogen-bond acceptors (Lipinski definition) is 7. The standard InChI is InChI=1S/C18H18N4O4S2/c1-10(2)8-19-15-11(16(25)21-6-4-3-5-13(21)20-15)7-12-17(26)22(9-14(23)24)18(27)28-12/h3-7,10,19H,8-9H2,1-2H3,(H,23,24). The lowest BCUT2D eigenvalue weighted by atomic mass is 10.2. The van der Waals surface area contributed by atoms with Gasteiger partial charge in [0.05, 0.1) is 10.5 Å². The van der Waals surface area contributed by atoms with Crippen LogP contribution in [0.2, 0.25) is 0 Å². The fourth-order valence-electron chi connectivity index (χ4n) is 2.57. The maximum Gasteiger partial charge on any atom is 0.323 e. The van der Waals surface area contributed by atoms with Gasteiger partial charge in [-0.1, -0.05) is 43.9 Å². The van der Waals surface area contributed by atoms with Crippen LogP contribution in [0.3, 0.4) is 0 Å². The number of fused-ring (bicyclic) bond motifs is 1. The number of carbonyl (C=O) groups excluding carboxylic acids is 1. The number of aliphatic carboxylic acids is 1. The van der Waals surface area contributed by atoms with E-state index in [4.69, 9.17) is 17.3 Å². The Morgan fingerprint density at radius 3 is 2.82 bits per heavy atom. The summed E-state index contributed by atoms with van der Waals surface area (Å²) in [5, 5.41) is 12.1. The number of thioether (sulfide) groups is 1. The highest BCUT2D eigenvalue weighted by molar-refractivity contribution is 8.26. The van der Waals surface area contributed by atoms with Crippen LogP contribution >= 0.6 is 24.0 Å². The molecule has 1 amide bonds. The molecule has 0 aliphatic carbocycles. The second kappa shape index (κ2) is 8.11. The maximum absolute atomic E-state index is 13.0. The third kappa shape index (κ3) is 4.07. The van der Waals surface area contributed by atoms with Crippen LogP contribution in [0.4, 0.5) is 5.82 Å². The van der Waals surface area contributed by atoms with Gasteiger partial charge in [0, 0.05) is 12.7 Å². The number of aromatic nitrogens is 2. The number of carbonyl (C=O) groups is 2. The van der Waals surface area contributed by atoms with Gasteiger partial charge in [-0.15, -0.1) is 0 Å². The van der Waals surface area contributed by atoms with Crippen molar-refractivity contribution in [2.75, 3.05) is 18.4 Å². The Morgan fingerprint density at radius 1 is 1.39 bits per heavy atom. The molecule has 1 aliphatic heterocycles. The Bertz CT molecular complexity index is 1060. The van der Waals surface area contributed by atoms with Crippen LogP contribution in [0, 0.1) is 5.92 Å². The number of rotatable bonds is 6. The van der Waals surface area contributed by atoms with E-state index in [1.165, 1.54) is 10.5 Å². The fourth-order valence-corrected chi connectivity index (χ4v) is 3.81. The lowest BCUT2D eigenvalue weighted by Crippen LogP contribution is -2.33. The number of amides is 1. The second-order valence-electron chi connectivity index (χ2n) is 6.54. The van der Waals surface area contributed by atoms with Crippen molar-refractivity contribution in [3.8, 4) is 0 Å². The number of carboxylic acids is 1. The Labute approximate surface area is 170 Å². The van der Waals surface area contributed by atoms with Gasteiger partial charge < -0.3 is 10.4 Å². The van der Waals surface area contributed by atoms with Gasteiger partial charge in [-0.25, -0.2) is 4.98 Å². The molecule has 0 saturated carbocycles. The molecule has 0 radical (unpaired) electrons. The summed E-state index contributed by atoms with van der Waals surface area (Å²) in [6.45, 7) is 4.13. The molecule has 1 saturated heterocycles. The Hall–Kier alpha value is -2.72. The van der Waals surface area contributed by atoms with Crippen molar-refractivity contribution in [3.63, 3.8) is 0 Å². The molecule has 2 N–H and O–H groups in total. The number of thiocarbonyl (C=S) groups is 1. The molecule has 1 fully saturated rings. The fraction of sp³-hybridized carbons (Fsp3) is 0.278. The average molecular weight is 419 g/mol. The number of carboxylic acid groups (broad SMARTS) is 1. The van der Waals surface area contributed by atoms with Gasteiger partial charge in [0.2, 0.25) is 0 Å². The van der Waals surface area contributed by atoms with E-state index in [2.05, 4.69) is 10.3 Å². The SMILES string of the molecule is CC(C)CNc1nc2ccccn2c(=O)c1C=C1SC(=S)N(CC(=O)O)C1=O. The van der Waals surface area contributed by atoms with Crippen molar-refractivity contribution in [1.29, 1.82) is 0 Å². The zero-order valence-electron chi connectivity index (χ0n) is 15.2. The van der Waals surface area contributed by atoms with E-state index in [0.29, 0.717) is 23.9 Å². The zero-order chi connectivity index (χ0) is 20.4. The predicted octanol–water partition coefficient (Wildman–Crippen LogP) is 2.05. The summed E-state index contributed by atoms with van der Waals surface area (Å²) in [7, 11) is 0. The molecule has 0 atom stereocenters. The predicted molar refractivity (Wildman–Crippen MR) is 112 cm³/mol. The quantitative estimate of drug-likeness (QED) is 0.543. The first-order valence-corrected chi connectivity index (χ1v) is 9.73. The summed E-state index contributed by atoms with van der Waals surface area (Å²) in [6, 6.07) is 5.22. The highest BCUT2D eigenvalue weighted by atomic mass is 32.2. The molecule has 1 aliphatic rings. The van der Waals surface area contributed by atoms with Crippen molar-refractivity contribution >= 4 is 57.7 Å². The van der Waals surface area contributed by atoms with Crippen molar-refractivity contribution in [2.24, 2.45) is 5.92 Å². The van der Waals surface area contributed by atoms with Crippen molar-refractivity contribution < 1.29 is 14.7 Å². The number of nitrogens with one attached hydrogen (secondary N) is 1. The molecule has 0 bridgehead atoms. The zero-order valence-corrected chi connectivity index (χ0v) is 16.8. The van der Waals surface area contributed by atoms with E-state index in [-0.39, 0.29) is 20.3 Å². The van der Waals surface area contributed by atoms with Gasteiger partial charge >= 0.3 is 5.97 Å². The van der Waals surface area contributed by atoms with Crippen LogP contribution in [0.15, 0.2) is 34.1 Å². The molecule has 146 valence electrons. The molecule has 3 heterocycles. The minimum atomic E-state index is -1.16. The molecule has 2 aromatic heterocycles.